The Morgan fingerprint density at radius 2 is 1.09 bits per heavy atom. The summed E-state index contributed by atoms with van der Waals surface area (Å²) in [6.07, 6.45) is 14.9. The molecule has 0 nitrogen and oxygen atoms in total. The van der Waals surface area contributed by atoms with E-state index in [0.717, 1.165) is 6.42 Å². The third-order valence-electron chi connectivity index (χ3n) is 12.3. The summed E-state index contributed by atoms with van der Waals surface area (Å²) in [4.78, 5) is 0. The van der Waals surface area contributed by atoms with Gasteiger partial charge in [0.1, 0.15) is 0 Å². The summed E-state index contributed by atoms with van der Waals surface area (Å²) in [6, 6.07) is 61.2. The van der Waals surface area contributed by atoms with E-state index in [4.69, 9.17) is 0 Å². The fourth-order valence-electron chi connectivity index (χ4n) is 9.77. The van der Waals surface area contributed by atoms with Gasteiger partial charge in [0.25, 0.3) is 0 Å². The van der Waals surface area contributed by atoms with Crippen molar-refractivity contribution < 1.29 is 0 Å². The van der Waals surface area contributed by atoms with E-state index in [9.17, 15) is 0 Å². The molecular weight excluding hydrogens is 705 g/mol. The minimum absolute atomic E-state index is 0.438. The van der Waals surface area contributed by atoms with Crippen molar-refractivity contribution in [2.45, 2.75) is 6.42 Å². The molecule has 0 amide bonds. The molecule has 1 heteroatoms. The Morgan fingerprint density at radius 3 is 1.93 bits per heavy atom. The van der Waals surface area contributed by atoms with Crippen LogP contribution in [0.2, 0.25) is 0 Å². The van der Waals surface area contributed by atoms with Crippen LogP contribution < -0.4 is 0 Å². The van der Waals surface area contributed by atoms with Crippen LogP contribution in [0.15, 0.2) is 206 Å². The molecule has 1 atom stereocenters. The predicted molar refractivity (Wildman–Crippen MR) is 248 cm³/mol. The van der Waals surface area contributed by atoms with Crippen molar-refractivity contribution in [1.82, 2.24) is 0 Å². The molecule has 1 aromatic heterocycles. The second kappa shape index (κ2) is 12.9. The summed E-state index contributed by atoms with van der Waals surface area (Å²) in [5.74, 6) is 0.438. The zero-order valence-electron chi connectivity index (χ0n) is 31.2. The van der Waals surface area contributed by atoms with Gasteiger partial charge in [-0.1, -0.05) is 182 Å². The lowest BCUT2D eigenvalue weighted by Gasteiger charge is -2.24. The monoisotopic (exact) mass is 740 g/mol. The van der Waals surface area contributed by atoms with E-state index in [2.05, 4.69) is 200 Å². The van der Waals surface area contributed by atoms with Crippen molar-refractivity contribution >= 4 is 80.2 Å². The largest absolute Gasteiger partial charge is 0.134 e. The Hall–Kier alpha value is -6.80. The number of fused-ring (bicyclic) bond motifs is 9. The molecule has 1 heterocycles. The summed E-state index contributed by atoms with van der Waals surface area (Å²) >= 11 is 1.92. The molecule has 0 aliphatic heterocycles. The third-order valence-corrected chi connectivity index (χ3v) is 13.5. The number of hydrogen-bond acceptors (Lipinski definition) is 1. The average Bonchev–Trinajstić information content (AvgIpc) is 3.67. The molecule has 1 unspecified atom stereocenters. The molecule has 0 saturated heterocycles. The quantitative estimate of drug-likeness (QED) is 0.158. The number of thiophene rings is 1. The summed E-state index contributed by atoms with van der Waals surface area (Å²) in [5.41, 5.74) is 11.6. The van der Waals surface area contributed by atoms with Gasteiger partial charge in [0.15, 0.2) is 0 Å². The first kappa shape index (κ1) is 32.4. The van der Waals surface area contributed by atoms with Gasteiger partial charge in [-0.15, -0.1) is 11.3 Å². The average molecular weight is 741 g/mol. The third kappa shape index (κ3) is 5.06. The lowest BCUT2D eigenvalue weighted by atomic mass is 9.79. The lowest BCUT2D eigenvalue weighted by Crippen LogP contribution is -2.06. The molecule has 2 aliphatic rings. The van der Waals surface area contributed by atoms with Crippen LogP contribution in [0, 0.1) is 5.92 Å². The van der Waals surface area contributed by atoms with E-state index in [0.29, 0.717) is 5.92 Å². The van der Waals surface area contributed by atoms with Gasteiger partial charge in [-0.3, -0.25) is 0 Å². The van der Waals surface area contributed by atoms with E-state index in [1.165, 1.54) is 113 Å². The zero-order chi connectivity index (χ0) is 37.5. The number of benzene rings is 9. The van der Waals surface area contributed by atoms with E-state index in [1.807, 2.05) is 11.3 Å². The molecule has 0 radical (unpaired) electrons. The smallest absolute Gasteiger partial charge is 0.0446 e. The molecule has 0 spiro atoms. The van der Waals surface area contributed by atoms with Crippen LogP contribution in [-0.4, -0.2) is 0 Å². The predicted octanol–water partition coefficient (Wildman–Crippen LogP) is 16.1. The second-order valence-electron chi connectivity index (χ2n) is 15.5. The highest BCUT2D eigenvalue weighted by Crippen LogP contribution is 2.52. The standard InChI is InChI=1S/C56H36S/c1-2-16-37(17-3-1)54-53(45-22-10-11-23-46(45)55-48-24-12-13-25-50(48)57-56(54)55)42-30-31-47-49(34-42)52(41-29-27-36-15-5-7-19-39(36)33-41)44-21-9-8-20-43(44)51(47)40-28-26-35-14-4-6-18-38(35)32-40/h1-25,27-35H,26H2. The topological polar surface area (TPSA) is 0 Å². The molecule has 0 fully saturated rings. The van der Waals surface area contributed by atoms with E-state index < -0.39 is 0 Å². The summed E-state index contributed by atoms with van der Waals surface area (Å²) < 4.78 is 2.66. The van der Waals surface area contributed by atoms with Crippen molar-refractivity contribution in [3.05, 3.63) is 211 Å². The first-order valence-corrected chi connectivity index (χ1v) is 20.8. The van der Waals surface area contributed by atoms with Crippen molar-refractivity contribution in [1.29, 1.82) is 0 Å². The zero-order valence-corrected chi connectivity index (χ0v) is 32.1. The summed E-state index contributed by atoms with van der Waals surface area (Å²) in [6.45, 7) is 0. The molecular formula is C56H36S. The van der Waals surface area contributed by atoms with Crippen molar-refractivity contribution in [2.24, 2.45) is 5.92 Å². The van der Waals surface area contributed by atoms with Gasteiger partial charge >= 0.3 is 0 Å². The number of allylic oxidation sites excluding steroid dienone is 8. The van der Waals surface area contributed by atoms with Crippen molar-refractivity contribution in [3.8, 4) is 33.4 Å². The van der Waals surface area contributed by atoms with Gasteiger partial charge in [0, 0.05) is 31.7 Å². The van der Waals surface area contributed by atoms with Gasteiger partial charge in [-0.25, -0.2) is 0 Å². The van der Waals surface area contributed by atoms with Crippen LogP contribution in [0.1, 0.15) is 12.0 Å². The molecule has 0 bridgehead atoms. The van der Waals surface area contributed by atoms with Gasteiger partial charge in [-0.05, 0) is 112 Å². The van der Waals surface area contributed by atoms with Gasteiger partial charge in [0.2, 0.25) is 0 Å². The molecule has 266 valence electrons. The normalized spacial score (nSPS) is 15.2. The molecule has 0 N–H and O–H groups in total. The Kier molecular flexibility index (Phi) is 7.33. The molecule has 12 rings (SSSR count). The van der Waals surface area contributed by atoms with Crippen LogP contribution in [-0.2, 0) is 0 Å². The number of hydrogen-bond donors (Lipinski definition) is 0. The first-order chi connectivity index (χ1) is 28.3. The minimum Gasteiger partial charge on any atom is -0.134 e. The molecule has 10 aromatic rings. The highest BCUT2D eigenvalue weighted by molar-refractivity contribution is 7.26. The highest BCUT2D eigenvalue weighted by Gasteiger charge is 2.25. The van der Waals surface area contributed by atoms with Crippen molar-refractivity contribution in [2.75, 3.05) is 0 Å². The summed E-state index contributed by atoms with van der Waals surface area (Å²) in [7, 11) is 0. The van der Waals surface area contributed by atoms with Gasteiger partial charge in [-0.2, -0.15) is 0 Å². The van der Waals surface area contributed by atoms with Crippen LogP contribution in [0.5, 0.6) is 0 Å². The minimum atomic E-state index is 0.438. The Balaban J connectivity index is 1.23. The van der Waals surface area contributed by atoms with Crippen LogP contribution >= 0.6 is 11.3 Å². The maximum Gasteiger partial charge on any atom is 0.0446 e. The second-order valence-corrected chi connectivity index (χ2v) is 16.5. The van der Waals surface area contributed by atoms with Gasteiger partial charge < -0.3 is 0 Å². The summed E-state index contributed by atoms with van der Waals surface area (Å²) in [5, 5.41) is 12.9. The fourth-order valence-corrected chi connectivity index (χ4v) is 11.1. The van der Waals surface area contributed by atoms with Crippen molar-refractivity contribution in [3.63, 3.8) is 0 Å². The maximum absolute atomic E-state index is 2.52. The molecule has 9 aromatic carbocycles. The Morgan fingerprint density at radius 1 is 0.439 bits per heavy atom. The van der Waals surface area contributed by atoms with E-state index >= 15 is 0 Å². The van der Waals surface area contributed by atoms with E-state index in [1.54, 1.807) is 0 Å². The van der Waals surface area contributed by atoms with Crippen LogP contribution in [0.25, 0.3) is 102 Å². The fraction of sp³-hybridized carbons (Fsp3) is 0.0357. The molecule has 2 aliphatic carbocycles. The highest BCUT2D eigenvalue weighted by atomic mass is 32.1. The first-order valence-electron chi connectivity index (χ1n) is 19.9. The lowest BCUT2D eigenvalue weighted by molar-refractivity contribution is 0.783. The van der Waals surface area contributed by atoms with Crippen LogP contribution in [0.4, 0.5) is 0 Å². The molecule has 57 heavy (non-hydrogen) atoms. The number of rotatable bonds is 4. The van der Waals surface area contributed by atoms with Gasteiger partial charge in [0.05, 0.1) is 0 Å². The SMILES string of the molecule is C1=CC2=CC(c3c4ccccc4c(-c4ccc5ccccc5c4)c4cc(-c5c(-c6ccccc6)c6sc7ccccc7c6c6ccccc56)ccc34)=CCC2C=C1. The Labute approximate surface area is 335 Å². The maximum atomic E-state index is 2.52. The van der Waals surface area contributed by atoms with E-state index in [-0.39, 0.29) is 0 Å². The molecule has 0 saturated carbocycles. The van der Waals surface area contributed by atoms with Crippen LogP contribution in [0.3, 0.4) is 0 Å². The Bertz CT molecular complexity index is 3420.